The Morgan fingerprint density at radius 3 is 2.79 bits per heavy atom. The molecule has 0 unspecified atom stereocenters. The highest BCUT2D eigenvalue weighted by molar-refractivity contribution is 5.97. The van der Waals surface area contributed by atoms with Crippen LogP contribution in [0.3, 0.4) is 0 Å². The van der Waals surface area contributed by atoms with E-state index in [0.29, 0.717) is 11.5 Å². The summed E-state index contributed by atoms with van der Waals surface area (Å²) in [6.07, 6.45) is 8.37. The van der Waals surface area contributed by atoms with E-state index in [-0.39, 0.29) is 5.78 Å². The second-order valence-electron chi connectivity index (χ2n) is 7.30. The number of hydrogen-bond donors (Lipinski definition) is 2. The molecule has 1 saturated carbocycles. The molecule has 0 bridgehead atoms. The van der Waals surface area contributed by atoms with Crippen molar-refractivity contribution in [2.75, 3.05) is 11.9 Å². The van der Waals surface area contributed by atoms with Gasteiger partial charge < -0.3 is 10.4 Å². The molecule has 0 aliphatic heterocycles. The smallest absolute Gasteiger partial charge is 0.247 e. The van der Waals surface area contributed by atoms with E-state index in [4.69, 9.17) is 5.11 Å². The number of anilines is 2. The molecule has 3 heterocycles. The number of pyridine rings is 1. The molecule has 2 N–H and O–H groups in total. The lowest BCUT2D eigenvalue weighted by molar-refractivity contribution is 0.0904. The second kappa shape index (κ2) is 7.14. The Bertz CT molecular complexity index is 1170. The third-order valence-electron chi connectivity index (χ3n) is 5.06. The number of aliphatic hydroxyl groups is 1. The van der Waals surface area contributed by atoms with Crippen molar-refractivity contribution < 1.29 is 9.90 Å². The fraction of sp³-hybridized carbons (Fsp3) is 0.238. The monoisotopic (exact) mass is 388 g/mol. The molecule has 4 aromatic rings. The topological polar surface area (TPSA) is 97.3 Å². The summed E-state index contributed by atoms with van der Waals surface area (Å²) in [4.78, 5) is 16.2. The Hall–Kier alpha value is -3.52. The number of fused-ring (bicyclic) bond motifs is 1. The molecule has 0 saturated heterocycles. The molecule has 8 heteroatoms. The number of carbonyl (C=O) groups excluding carboxylic acids is 1. The van der Waals surface area contributed by atoms with E-state index in [0.717, 1.165) is 34.9 Å². The third-order valence-corrected chi connectivity index (χ3v) is 5.06. The van der Waals surface area contributed by atoms with Gasteiger partial charge in [-0.1, -0.05) is 0 Å². The maximum Gasteiger partial charge on any atom is 0.247 e. The van der Waals surface area contributed by atoms with Crippen LogP contribution in [0.15, 0.2) is 55.0 Å². The molecular weight excluding hydrogens is 368 g/mol. The minimum absolute atomic E-state index is 0.311. The molecule has 1 aromatic carbocycles. The van der Waals surface area contributed by atoms with Crippen LogP contribution in [-0.2, 0) is 6.54 Å². The van der Waals surface area contributed by atoms with Crippen molar-refractivity contribution in [3.8, 4) is 11.1 Å². The second-order valence-corrected chi connectivity index (χ2v) is 7.30. The van der Waals surface area contributed by atoms with E-state index in [1.807, 2.05) is 29.2 Å². The first-order valence-electron chi connectivity index (χ1n) is 9.59. The van der Waals surface area contributed by atoms with Gasteiger partial charge in [0.2, 0.25) is 5.95 Å². The number of carbonyl (C=O) groups is 1. The molecule has 29 heavy (non-hydrogen) atoms. The number of Topliss-reactive ketones (excluding diaryl/α,β-unsaturated/α-hetero) is 1. The summed E-state index contributed by atoms with van der Waals surface area (Å²) in [5.74, 6) is 0.917. The lowest BCUT2D eigenvalue weighted by Gasteiger charge is -2.02. The fourth-order valence-electron chi connectivity index (χ4n) is 3.31. The van der Waals surface area contributed by atoms with E-state index in [1.165, 1.54) is 12.8 Å². The molecule has 8 nitrogen and oxygen atoms in total. The lowest BCUT2D eigenvalue weighted by Crippen LogP contribution is -2.04. The van der Waals surface area contributed by atoms with Crippen LogP contribution >= 0.6 is 0 Å². The van der Waals surface area contributed by atoms with Gasteiger partial charge in [0.25, 0.3) is 0 Å². The maximum absolute atomic E-state index is 11.5. The first-order valence-corrected chi connectivity index (χ1v) is 9.59. The molecule has 0 radical (unpaired) electrons. The zero-order chi connectivity index (χ0) is 19.8. The molecule has 0 amide bonds. The van der Waals surface area contributed by atoms with Gasteiger partial charge in [0.15, 0.2) is 11.4 Å². The Kier molecular flexibility index (Phi) is 4.33. The average Bonchev–Trinajstić information content (AvgIpc) is 3.27. The normalized spacial score (nSPS) is 13.7. The van der Waals surface area contributed by atoms with Crippen molar-refractivity contribution in [3.05, 3.63) is 60.6 Å². The number of aromatic nitrogens is 5. The Balaban J connectivity index is 1.41. The van der Waals surface area contributed by atoms with Crippen molar-refractivity contribution in [1.29, 1.82) is 0 Å². The number of ketones is 1. The van der Waals surface area contributed by atoms with Crippen LogP contribution in [0.1, 0.15) is 23.2 Å². The Morgan fingerprint density at radius 1 is 1.21 bits per heavy atom. The van der Waals surface area contributed by atoms with Crippen LogP contribution in [0.25, 0.3) is 16.8 Å². The van der Waals surface area contributed by atoms with Gasteiger partial charge in [-0.25, -0.2) is 4.52 Å². The zero-order valence-electron chi connectivity index (χ0n) is 15.7. The van der Waals surface area contributed by atoms with Crippen LogP contribution in [0.4, 0.5) is 11.6 Å². The number of nitrogens with zero attached hydrogens (tertiary/aromatic N) is 5. The van der Waals surface area contributed by atoms with Gasteiger partial charge in [-0.15, -0.1) is 5.10 Å². The summed E-state index contributed by atoms with van der Waals surface area (Å²) < 4.78 is 3.74. The number of rotatable bonds is 7. The molecule has 1 fully saturated rings. The molecule has 1 aliphatic carbocycles. The predicted molar refractivity (Wildman–Crippen MR) is 108 cm³/mol. The third kappa shape index (κ3) is 3.62. The highest BCUT2D eigenvalue weighted by atomic mass is 16.3. The van der Waals surface area contributed by atoms with Crippen molar-refractivity contribution in [3.63, 3.8) is 0 Å². The minimum atomic E-state index is -0.499. The quantitative estimate of drug-likeness (QED) is 0.473. The standard InChI is InChI=1S/C21H20N6O2/c28-13-19(29)15-5-7-17(8-6-15)23-21-24-20-18(2-1-9-27(20)25-21)16-10-22-26(12-16)11-14-3-4-14/h1-2,5-10,12,14,28H,3-4,11,13H2,(H,23,25). The molecule has 146 valence electrons. The number of benzene rings is 1. The minimum Gasteiger partial charge on any atom is -0.388 e. The summed E-state index contributed by atoms with van der Waals surface area (Å²) in [5.41, 5.74) is 3.95. The first-order chi connectivity index (χ1) is 14.2. The molecule has 1 aliphatic rings. The molecule has 5 rings (SSSR count). The lowest BCUT2D eigenvalue weighted by atomic mass is 10.1. The SMILES string of the molecule is O=C(CO)c1ccc(Nc2nc3c(-c4cnn(CC5CC5)c4)cccn3n2)cc1. The van der Waals surface area contributed by atoms with E-state index < -0.39 is 6.61 Å². The number of hydrogen-bond acceptors (Lipinski definition) is 6. The van der Waals surface area contributed by atoms with E-state index >= 15 is 0 Å². The highest BCUT2D eigenvalue weighted by Gasteiger charge is 2.22. The Labute approximate surface area is 166 Å². The summed E-state index contributed by atoms with van der Waals surface area (Å²) in [5, 5.41) is 21.1. The zero-order valence-corrected chi connectivity index (χ0v) is 15.7. The van der Waals surface area contributed by atoms with Crippen molar-refractivity contribution >= 4 is 23.1 Å². The Morgan fingerprint density at radius 2 is 2.03 bits per heavy atom. The predicted octanol–water partition coefficient (Wildman–Crippen LogP) is 2.92. The molecular formula is C21H20N6O2. The van der Waals surface area contributed by atoms with Gasteiger partial charge in [-0.2, -0.15) is 10.1 Å². The fourth-order valence-corrected chi connectivity index (χ4v) is 3.31. The van der Waals surface area contributed by atoms with Crippen molar-refractivity contribution in [1.82, 2.24) is 24.4 Å². The van der Waals surface area contributed by atoms with Gasteiger partial charge in [0.05, 0.1) is 6.20 Å². The highest BCUT2D eigenvalue weighted by Crippen LogP contribution is 2.31. The van der Waals surface area contributed by atoms with Crippen LogP contribution < -0.4 is 5.32 Å². The van der Waals surface area contributed by atoms with E-state index in [2.05, 4.69) is 26.7 Å². The summed E-state index contributed by atoms with van der Waals surface area (Å²) >= 11 is 0. The summed E-state index contributed by atoms with van der Waals surface area (Å²) in [7, 11) is 0. The molecule has 3 aromatic heterocycles. The number of aliphatic hydroxyl groups excluding tert-OH is 1. The van der Waals surface area contributed by atoms with E-state index in [9.17, 15) is 4.79 Å². The molecule has 0 atom stereocenters. The van der Waals surface area contributed by atoms with Crippen molar-refractivity contribution in [2.45, 2.75) is 19.4 Å². The van der Waals surface area contributed by atoms with Gasteiger partial charge in [-0.05, 0) is 55.2 Å². The van der Waals surface area contributed by atoms with Gasteiger partial charge in [0.1, 0.15) is 6.61 Å². The van der Waals surface area contributed by atoms with Crippen LogP contribution in [0, 0.1) is 5.92 Å². The molecule has 0 spiro atoms. The van der Waals surface area contributed by atoms with Gasteiger partial charge >= 0.3 is 0 Å². The van der Waals surface area contributed by atoms with Gasteiger partial charge in [0, 0.05) is 41.3 Å². The average molecular weight is 388 g/mol. The van der Waals surface area contributed by atoms with E-state index in [1.54, 1.807) is 28.8 Å². The summed E-state index contributed by atoms with van der Waals surface area (Å²) in [6.45, 7) is 0.470. The van der Waals surface area contributed by atoms with Crippen LogP contribution in [-0.4, -0.2) is 41.9 Å². The maximum atomic E-state index is 11.5. The number of nitrogens with one attached hydrogen (secondary N) is 1. The van der Waals surface area contributed by atoms with Gasteiger partial charge in [-0.3, -0.25) is 9.48 Å². The van der Waals surface area contributed by atoms with Crippen molar-refractivity contribution in [2.24, 2.45) is 5.92 Å². The van der Waals surface area contributed by atoms with Crippen LogP contribution in [0.5, 0.6) is 0 Å². The largest absolute Gasteiger partial charge is 0.388 e. The van der Waals surface area contributed by atoms with Crippen LogP contribution in [0.2, 0.25) is 0 Å². The summed E-state index contributed by atoms with van der Waals surface area (Å²) in [6, 6.07) is 10.8. The first kappa shape index (κ1) is 17.6.